The van der Waals surface area contributed by atoms with Crippen molar-refractivity contribution in [2.45, 2.75) is 6.92 Å². The first-order valence-electron chi connectivity index (χ1n) is 8.77. The van der Waals surface area contributed by atoms with E-state index in [0.29, 0.717) is 11.5 Å². The first kappa shape index (κ1) is 16.1. The summed E-state index contributed by atoms with van der Waals surface area (Å²) < 4.78 is 0. The zero-order valence-corrected chi connectivity index (χ0v) is 15.6. The molecule has 4 aromatic rings. The van der Waals surface area contributed by atoms with E-state index in [4.69, 9.17) is 5.73 Å². The Kier molecular flexibility index (Phi) is 3.75. The van der Waals surface area contributed by atoms with Gasteiger partial charge in [0.15, 0.2) is 5.65 Å². The number of rotatable bonds is 2. The normalized spacial score (nSPS) is 15.0. The molecule has 1 saturated heterocycles. The molecule has 0 radical (unpaired) electrons. The van der Waals surface area contributed by atoms with Crippen molar-refractivity contribution in [3.8, 4) is 0 Å². The van der Waals surface area contributed by atoms with Gasteiger partial charge in [-0.1, -0.05) is 0 Å². The highest BCUT2D eigenvalue weighted by Crippen LogP contribution is 2.31. The molecule has 1 aliphatic rings. The van der Waals surface area contributed by atoms with Crippen LogP contribution in [-0.4, -0.2) is 51.1 Å². The fraction of sp³-hybridized carbons (Fsp3) is 0.278. The van der Waals surface area contributed by atoms with E-state index < -0.39 is 0 Å². The second-order valence-electron chi connectivity index (χ2n) is 6.55. The Hall–Kier alpha value is -3.07. The Morgan fingerprint density at radius 1 is 0.889 bits per heavy atom. The molecule has 0 bridgehead atoms. The minimum atomic E-state index is 0.468. The molecule has 0 amide bonds. The van der Waals surface area contributed by atoms with Crippen molar-refractivity contribution in [2.75, 3.05) is 41.7 Å². The van der Waals surface area contributed by atoms with Gasteiger partial charge in [0, 0.05) is 31.1 Å². The minimum absolute atomic E-state index is 0.468. The number of hydrogen-bond donors (Lipinski definition) is 1. The summed E-state index contributed by atoms with van der Waals surface area (Å²) in [5.41, 5.74) is 6.41. The van der Waals surface area contributed by atoms with E-state index in [1.54, 1.807) is 30.1 Å². The average Bonchev–Trinajstić information content (AvgIpc) is 3.07. The van der Waals surface area contributed by atoms with Gasteiger partial charge in [-0.15, -0.1) is 11.3 Å². The molecule has 5 heterocycles. The van der Waals surface area contributed by atoms with E-state index in [0.717, 1.165) is 53.4 Å². The van der Waals surface area contributed by atoms with Crippen LogP contribution >= 0.6 is 11.3 Å². The second-order valence-corrected chi connectivity index (χ2v) is 7.79. The van der Waals surface area contributed by atoms with Crippen LogP contribution < -0.4 is 15.5 Å². The number of pyridine rings is 1. The molecule has 0 spiro atoms. The highest BCUT2D eigenvalue weighted by molar-refractivity contribution is 7.18. The third kappa shape index (κ3) is 2.80. The summed E-state index contributed by atoms with van der Waals surface area (Å²) in [6, 6.07) is 5.92. The van der Waals surface area contributed by atoms with Gasteiger partial charge in [-0.05, 0) is 25.1 Å². The smallest absolute Gasteiger partial charge is 0.166 e. The maximum atomic E-state index is 5.78. The third-order valence-electron chi connectivity index (χ3n) is 4.81. The zero-order valence-electron chi connectivity index (χ0n) is 14.8. The third-order valence-corrected chi connectivity index (χ3v) is 5.77. The summed E-state index contributed by atoms with van der Waals surface area (Å²) in [4.78, 5) is 28.9. The van der Waals surface area contributed by atoms with Crippen LogP contribution in [0.1, 0.15) is 4.88 Å². The van der Waals surface area contributed by atoms with Crippen LogP contribution in [-0.2, 0) is 0 Å². The van der Waals surface area contributed by atoms with Gasteiger partial charge in [-0.3, -0.25) is 0 Å². The molecule has 2 N–H and O–H groups in total. The minimum Gasteiger partial charge on any atom is -0.384 e. The van der Waals surface area contributed by atoms with Crippen LogP contribution in [0.5, 0.6) is 0 Å². The van der Waals surface area contributed by atoms with Crippen LogP contribution in [0.2, 0.25) is 0 Å². The van der Waals surface area contributed by atoms with Crippen molar-refractivity contribution in [2.24, 2.45) is 0 Å². The summed E-state index contributed by atoms with van der Waals surface area (Å²) in [5.74, 6) is 2.40. The van der Waals surface area contributed by atoms with Gasteiger partial charge in [-0.25, -0.2) is 24.9 Å². The lowest BCUT2D eigenvalue weighted by molar-refractivity contribution is 0.644. The van der Waals surface area contributed by atoms with Crippen LogP contribution in [0.4, 0.5) is 17.5 Å². The number of nitrogen functional groups attached to an aromatic ring is 1. The maximum Gasteiger partial charge on any atom is 0.166 e. The molecule has 136 valence electrons. The quantitative estimate of drug-likeness (QED) is 0.567. The predicted molar refractivity (Wildman–Crippen MR) is 108 cm³/mol. The number of nitrogens with two attached hydrogens (primary N) is 1. The van der Waals surface area contributed by atoms with Gasteiger partial charge in [0.2, 0.25) is 0 Å². The van der Waals surface area contributed by atoms with Gasteiger partial charge in [-0.2, -0.15) is 0 Å². The lowest BCUT2D eigenvalue weighted by atomic mass is 10.2. The maximum absolute atomic E-state index is 5.78. The Balaban J connectivity index is 1.42. The number of piperazine rings is 1. The molecule has 0 aliphatic carbocycles. The SMILES string of the molecule is Cc1cc2c(N3CCN(c4ncnc5nc(N)ccc45)CC3)ncnc2s1. The summed E-state index contributed by atoms with van der Waals surface area (Å²) in [6.07, 6.45) is 3.21. The number of anilines is 3. The fourth-order valence-corrected chi connectivity index (χ4v) is 4.38. The number of fused-ring (bicyclic) bond motifs is 2. The lowest BCUT2D eigenvalue weighted by Gasteiger charge is -2.36. The number of thiophene rings is 1. The Bertz CT molecular complexity index is 1130. The van der Waals surface area contributed by atoms with Gasteiger partial charge in [0.1, 0.15) is 34.9 Å². The van der Waals surface area contributed by atoms with Crippen LogP contribution in [0, 0.1) is 6.92 Å². The highest BCUT2D eigenvalue weighted by Gasteiger charge is 2.23. The van der Waals surface area contributed by atoms with Crippen LogP contribution in [0.25, 0.3) is 21.3 Å². The number of nitrogens with zero attached hydrogens (tertiary/aromatic N) is 7. The van der Waals surface area contributed by atoms with Crippen molar-refractivity contribution in [1.82, 2.24) is 24.9 Å². The molecular formula is C18H18N8S. The second kappa shape index (κ2) is 6.27. The molecule has 4 aromatic heterocycles. The predicted octanol–water partition coefficient (Wildman–Crippen LogP) is 2.25. The van der Waals surface area contributed by atoms with E-state index >= 15 is 0 Å². The highest BCUT2D eigenvalue weighted by atomic mass is 32.1. The van der Waals surface area contributed by atoms with Crippen LogP contribution in [0.3, 0.4) is 0 Å². The summed E-state index contributed by atoms with van der Waals surface area (Å²) in [7, 11) is 0. The lowest BCUT2D eigenvalue weighted by Crippen LogP contribution is -2.47. The topological polar surface area (TPSA) is 97.0 Å². The number of hydrogen-bond acceptors (Lipinski definition) is 9. The Morgan fingerprint density at radius 2 is 1.56 bits per heavy atom. The zero-order chi connectivity index (χ0) is 18.4. The molecule has 8 nitrogen and oxygen atoms in total. The van der Waals surface area contributed by atoms with E-state index in [9.17, 15) is 0 Å². The molecule has 0 unspecified atom stereocenters. The average molecular weight is 378 g/mol. The van der Waals surface area contributed by atoms with E-state index in [2.05, 4.69) is 47.7 Å². The standard InChI is InChI=1S/C18H18N8S/c1-11-8-13-17(22-10-23-18(13)27-11)26-6-4-25(5-7-26)16-12-2-3-14(19)24-15(12)20-9-21-16/h2-3,8-10H,4-7H2,1H3,(H2,19,20,21,24). The van der Waals surface area contributed by atoms with Crippen molar-refractivity contribution in [1.29, 1.82) is 0 Å². The van der Waals surface area contributed by atoms with Crippen molar-refractivity contribution in [3.05, 3.63) is 35.7 Å². The molecule has 1 fully saturated rings. The molecule has 0 aromatic carbocycles. The molecule has 9 heteroatoms. The summed E-state index contributed by atoms with van der Waals surface area (Å²) in [5, 5.41) is 2.07. The van der Waals surface area contributed by atoms with Crippen LogP contribution in [0.15, 0.2) is 30.9 Å². The first-order chi connectivity index (χ1) is 13.2. The molecule has 0 saturated carbocycles. The Morgan fingerprint density at radius 3 is 2.30 bits per heavy atom. The number of aryl methyl sites for hydroxylation is 1. The molecule has 0 atom stereocenters. The van der Waals surface area contributed by atoms with Crippen molar-refractivity contribution in [3.63, 3.8) is 0 Å². The van der Waals surface area contributed by atoms with E-state index in [1.165, 1.54) is 4.88 Å². The van der Waals surface area contributed by atoms with Gasteiger partial charge in [0.05, 0.1) is 10.8 Å². The van der Waals surface area contributed by atoms with Gasteiger partial charge < -0.3 is 15.5 Å². The van der Waals surface area contributed by atoms with Gasteiger partial charge >= 0.3 is 0 Å². The molecule has 27 heavy (non-hydrogen) atoms. The largest absolute Gasteiger partial charge is 0.384 e. The Labute approximate surface area is 159 Å². The van der Waals surface area contributed by atoms with Crippen molar-refractivity contribution < 1.29 is 0 Å². The first-order valence-corrected chi connectivity index (χ1v) is 9.59. The summed E-state index contributed by atoms with van der Waals surface area (Å²) in [6.45, 7) is 5.55. The number of aromatic nitrogens is 5. The fourth-order valence-electron chi connectivity index (χ4n) is 3.54. The monoisotopic (exact) mass is 378 g/mol. The van der Waals surface area contributed by atoms with E-state index in [1.807, 2.05) is 6.07 Å². The molecule has 5 rings (SSSR count). The van der Waals surface area contributed by atoms with Gasteiger partial charge in [0.25, 0.3) is 0 Å². The summed E-state index contributed by atoms with van der Waals surface area (Å²) >= 11 is 1.71. The molecular weight excluding hydrogens is 360 g/mol. The molecule has 1 aliphatic heterocycles. The van der Waals surface area contributed by atoms with Crippen molar-refractivity contribution >= 4 is 50.0 Å². The van der Waals surface area contributed by atoms with E-state index in [-0.39, 0.29) is 0 Å².